The van der Waals surface area contributed by atoms with Crippen LogP contribution in [-0.4, -0.2) is 53.6 Å². The van der Waals surface area contributed by atoms with Crippen LogP contribution in [0.2, 0.25) is 0 Å². The van der Waals surface area contributed by atoms with Gasteiger partial charge in [0, 0.05) is 26.2 Å². The van der Waals surface area contributed by atoms with Crippen molar-refractivity contribution in [1.29, 1.82) is 0 Å². The molecule has 1 heterocycles. The molecule has 3 rings (SSSR count). The van der Waals surface area contributed by atoms with Crippen LogP contribution in [0.3, 0.4) is 0 Å². The fraction of sp³-hybridized carbons (Fsp3) is 0.294. The van der Waals surface area contributed by atoms with Gasteiger partial charge in [-0.2, -0.15) is 0 Å². The molecule has 1 aliphatic rings. The molecule has 0 saturated carbocycles. The van der Waals surface area contributed by atoms with Gasteiger partial charge in [-0.15, -0.1) is 0 Å². The van der Waals surface area contributed by atoms with E-state index in [9.17, 15) is 4.79 Å². The first-order valence-electron chi connectivity index (χ1n) is 7.57. The van der Waals surface area contributed by atoms with Crippen LogP contribution < -0.4 is 10.5 Å². The van der Waals surface area contributed by atoms with Gasteiger partial charge in [0.15, 0.2) is 11.7 Å². The number of fused-ring (bicyclic) bond motifs is 1. The molecule has 5 nitrogen and oxygen atoms in total. The molecule has 0 unspecified atom stereocenters. The average molecular weight is 329 g/mol. The normalized spacial score (nSPS) is 14.8. The predicted molar refractivity (Wildman–Crippen MR) is 94.4 cm³/mol. The minimum atomic E-state index is -0.0132. The second-order valence-electron chi connectivity index (χ2n) is 5.50. The summed E-state index contributed by atoms with van der Waals surface area (Å²) in [6, 6.07) is 13.9. The van der Waals surface area contributed by atoms with Gasteiger partial charge in [-0.3, -0.25) is 4.79 Å². The van der Waals surface area contributed by atoms with Crippen LogP contribution in [0.25, 0.3) is 10.8 Å². The van der Waals surface area contributed by atoms with Crippen molar-refractivity contribution in [1.82, 2.24) is 9.80 Å². The molecule has 23 heavy (non-hydrogen) atoms. The monoisotopic (exact) mass is 329 g/mol. The van der Waals surface area contributed by atoms with Crippen molar-refractivity contribution in [3.8, 4) is 5.75 Å². The maximum absolute atomic E-state index is 12.2. The number of hydrogen-bond donors (Lipinski definition) is 1. The molecule has 1 amide bonds. The minimum Gasteiger partial charge on any atom is -0.484 e. The molecule has 0 spiro atoms. The van der Waals surface area contributed by atoms with Gasteiger partial charge >= 0.3 is 0 Å². The number of nitrogens with two attached hydrogens (primary N) is 1. The van der Waals surface area contributed by atoms with Crippen molar-refractivity contribution in [2.24, 2.45) is 5.73 Å². The van der Waals surface area contributed by atoms with Crippen LogP contribution in [-0.2, 0) is 4.79 Å². The summed E-state index contributed by atoms with van der Waals surface area (Å²) in [4.78, 5) is 15.9. The fourth-order valence-electron chi connectivity index (χ4n) is 2.67. The van der Waals surface area contributed by atoms with E-state index in [-0.39, 0.29) is 12.5 Å². The van der Waals surface area contributed by atoms with Crippen LogP contribution >= 0.6 is 12.2 Å². The lowest BCUT2D eigenvalue weighted by Gasteiger charge is -2.34. The number of hydrogen-bond acceptors (Lipinski definition) is 3. The third-order valence-electron chi connectivity index (χ3n) is 4.03. The summed E-state index contributed by atoms with van der Waals surface area (Å²) in [5.74, 6) is 0.694. The molecule has 2 aromatic rings. The molecular weight excluding hydrogens is 310 g/mol. The van der Waals surface area contributed by atoms with Crippen molar-refractivity contribution in [3.63, 3.8) is 0 Å². The van der Waals surface area contributed by atoms with E-state index in [1.165, 1.54) is 0 Å². The van der Waals surface area contributed by atoms with Gasteiger partial charge in [0.2, 0.25) is 0 Å². The smallest absolute Gasteiger partial charge is 0.260 e. The molecule has 120 valence electrons. The number of ether oxygens (including phenoxy) is 1. The Morgan fingerprint density at radius 3 is 2.39 bits per heavy atom. The summed E-state index contributed by atoms with van der Waals surface area (Å²) >= 11 is 4.95. The third-order valence-corrected chi connectivity index (χ3v) is 4.29. The van der Waals surface area contributed by atoms with E-state index in [1.54, 1.807) is 4.90 Å². The lowest BCUT2D eigenvalue weighted by molar-refractivity contribution is -0.134. The molecule has 0 radical (unpaired) electrons. The Morgan fingerprint density at radius 2 is 1.70 bits per heavy atom. The lowest BCUT2D eigenvalue weighted by Crippen LogP contribution is -2.52. The molecule has 0 atom stereocenters. The molecule has 0 aromatic heterocycles. The first-order valence-corrected chi connectivity index (χ1v) is 7.98. The van der Waals surface area contributed by atoms with Crippen LogP contribution in [0, 0.1) is 0 Å². The Hall–Kier alpha value is -2.34. The highest BCUT2D eigenvalue weighted by molar-refractivity contribution is 7.80. The Balaban J connectivity index is 1.55. The third kappa shape index (κ3) is 3.71. The molecule has 1 saturated heterocycles. The number of nitrogens with zero attached hydrogens (tertiary/aromatic N) is 2. The Morgan fingerprint density at radius 1 is 1.04 bits per heavy atom. The Kier molecular flexibility index (Phi) is 4.62. The fourth-order valence-corrected chi connectivity index (χ4v) is 2.85. The maximum Gasteiger partial charge on any atom is 0.260 e. The van der Waals surface area contributed by atoms with E-state index in [2.05, 4.69) is 0 Å². The van der Waals surface area contributed by atoms with Crippen molar-refractivity contribution in [2.45, 2.75) is 0 Å². The molecule has 1 aliphatic heterocycles. The number of rotatable bonds is 3. The second kappa shape index (κ2) is 6.83. The standard InChI is InChI=1S/C17H19N3O2S/c18-17(23)20-9-7-19(8-10-20)16(21)12-22-15-6-5-13-3-1-2-4-14(13)11-15/h1-6,11H,7-10,12H2,(H2,18,23). The number of benzene rings is 2. The highest BCUT2D eigenvalue weighted by Gasteiger charge is 2.21. The van der Waals surface area contributed by atoms with Crippen molar-refractivity contribution in [3.05, 3.63) is 42.5 Å². The van der Waals surface area contributed by atoms with E-state index >= 15 is 0 Å². The lowest BCUT2D eigenvalue weighted by atomic mass is 10.1. The van der Waals surface area contributed by atoms with E-state index < -0.39 is 0 Å². The number of carbonyl (C=O) groups is 1. The molecule has 6 heteroatoms. The van der Waals surface area contributed by atoms with Gasteiger partial charge in [0.1, 0.15) is 5.75 Å². The van der Waals surface area contributed by atoms with Crippen LogP contribution in [0.15, 0.2) is 42.5 Å². The van der Waals surface area contributed by atoms with Gasteiger partial charge < -0.3 is 20.3 Å². The summed E-state index contributed by atoms with van der Waals surface area (Å²) in [6.45, 7) is 2.65. The number of thiocarbonyl (C=S) groups is 1. The van der Waals surface area contributed by atoms with Gasteiger partial charge in [0.25, 0.3) is 5.91 Å². The van der Waals surface area contributed by atoms with Gasteiger partial charge in [-0.25, -0.2) is 0 Å². The van der Waals surface area contributed by atoms with Gasteiger partial charge in [-0.1, -0.05) is 30.3 Å². The van der Waals surface area contributed by atoms with Crippen LogP contribution in [0.1, 0.15) is 0 Å². The highest BCUT2D eigenvalue weighted by atomic mass is 32.1. The van der Waals surface area contributed by atoms with Crippen molar-refractivity contribution < 1.29 is 9.53 Å². The number of piperazine rings is 1. The zero-order valence-corrected chi connectivity index (χ0v) is 13.6. The molecule has 2 aromatic carbocycles. The average Bonchev–Trinajstić information content (AvgIpc) is 2.59. The van der Waals surface area contributed by atoms with E-state index in [1.807, 2.05) is 47.4 Å². The van der Waals surface area contributed by atoms with E-state index in [4.69, 9.17) is 22.7 Å². The zero-order chi connectivity index (χ0) is 16.2. The molecule has 0 bridgehead atoms. The second-order valence-corrected chi connectivity index (χ2v) is 5.92. The first kappa shape index (κ1) is 15.6. The zero-order valence-electron chi connectivity index (χ0n) is 12.8. The summed E-state index contributed by atoms with van der Waals surface area (Å²) in [6.07, 6.45) is 0. The van der Waals surface area contributed by atoms with E-state index in [0.29, 0.717) is 37.0 Å². The predicted octanol–water partition coefficient (Wildman–Crippen LogP) is 1.61. The maximum atomic E-state index is 12.2. The SMILES string of the molecule is NC(=S)N1CCN(C(=O)COc2ccc3ccccc3c2)CC1. The summed E-state index contributed by atoms with van der Waals surface area (Å²) < 4.78 is 5.65. The van der Waals surface area contributed by atoms with Crippen LogP contribution in [0.4, 0.5) is 0 Å². The summed E-state index contributed by atoms with van der Waals surface area (Å²) in [5.41, 5.74) is 5.60. The Bertz CT molecular complexity index is 727. The molecule has 1 fully saturated rings. The van der Waals surface area contributed by atoms with Crippen LogP contribution in [0.5, 0.6) is 5.75 Å². The summed E-state index contributed by atoms with van der Waals surface area (Å²) in [5, 5.41) is 2.65. The van der Waals surface area contributed by atoms with Crippen molar-refractivity contribution in [2.75, 3.05) is 32.8 Å². The Labute approximate surface area is 140 Å². The topological polar surface area (TPSA) is 58.8 Å². The van der Waals surface area contributed by atoms with Gasteiger partial charge in [-0.05, 0) is 35.1 Å². The molecular formula is C17H19N3O2S. The number of carbonyl (C=O) groups excluding carboxylic acids is 1. The van der Waals surface area contributed by atoms with Crippen molar-refractivity contribution >= 4 is 34.0 Å². The quantitative estimate of drug-likeness (QED) is 0.867. The number of amides is 1. The first-order chi connectivity index (χ1) is 11.1. The largest absolute Gasteiger partial charge is 0.484 e. The van der Waals surface area contributed by atoms with Gasteiger partial charge in [0.05, 0.1) is 0 Å². The minimum absolute atomic E-state index is 0.0132. The molecule has 0 aliphatic carbocycles. The highest BCUT2D eigenvalue weighted by Crippen LogP contribution is 2.20. The summed E-state index contributed by atoms with van der Waals surface area (Å²) in [7, 11) is 0. The van der Waals surface area contributed by atoms with E-state index in [0.717, 1.165) is 10.8 Å². The molecule has 2 N–H and O–H groups in total.